The van der Waals surface area contributed by atoms with Gasteiger partial charge in [-0.05, 0) is 41.5 Å². The van der Waals surface area contributed by atoms with Gasteiger partial charge in [0.1, 0.15) is 39.9 Å². The molecule has 206 valence electrons. The van der Waals surface area contributed by atoms with Gasteiger partial charge in [-0.1, -0.05) is 97.1 Å². The molecule has 0 fully saturated rings. The van der Waals surface area contributed by atoms with Crippen molar-refractivity contribution in [2.24, 2.45) is 0 Å². The van der Waals surface area contributed by atoms with Gasteiger partial charge in [0.15, 0.2) is 17.0 Å². The van der Waals surface area contributed by atoms with E-state index in [2.05, 4.69) is 52.4 Å². The minimum absolute atomic E-state index is 0.665. The molecule has 0 aliphatic carbocycles. The van der Waals surface area contributed by atoms with Gasteiger partial charge >= 0.3 is 0 Å². The van der Waals surface area contributed by atoms with Crippen LogP contribution in [-0.2, 0) is 0 Å². The Hall–Kier alpha value is -6.14. The summed E-state index contributed by atoms with van der Waals surface area (Å²) in [4.78, 5) is 19.1. The smallest absolute Gasteiger partial charge is 0.180 e. The zero-order valence-electron chi connectivity index (χ0n) is 23.3. The third-order valence-corrected chi connectivity index (χ3v) is 8.04. The summed E-state index contributed by atoms with van der Waals surface area (Å²) in [6, 6.07) is 42.7. The number of aromatic nitrogens is 4. The van der Waals surface area contributed by atoms with E-state index in [0.717, 1.165) is 72.2 Å². The first-order valence-electron chi connectivity index (χ1n) is 14.4. The van der Waals surface area contributed by atoms with Gasteiger partial charge in [-0.2, -0.15) is 0 Å². The van der Waals surface area contributed by atoms with Crippen LogP contribution < -0.4 is 0 Å². The predicted octanol–water partition coefficient (Wildman–Crippen LogP) is 9.73. The van der Waals surface area contributed by atoms with Gasteiger partial charge in [0.25, 0.3) is 0 Å². The lowest BCUT2D eigenvalue weighted by Gasteiger charge is -2.09. The van der Waals surface area contributed by atoms with Crippen LogP contribution in [0.5, 0.6) is 0 Å². The Labute approximate surface area is 251 Å². The highest BCUT2D eigenvalue weighted by atomic mass is 16.3. The normalized spacial score (nSPS) is 11.6. The summed E-state index contributed by atoms with van der Waals surface area (Å²) < 4.78 is 12.5. The van der Waals surface area contributed by atoms with Crippen molar-refractivity contribution in [3.8, 4) is 45.0 Å². The molecule has 9 aromatic rings. The molecule has 6 nitrogen and oxygen atoms in total. The van der Waals surface area contributed by atoms with Crippen LogP contribution in [-0.4, -0.2) is 19.9 Å². The molecule has 6 heteroatoms. The third-order valence-electron chi connectivity index (χ3n) is 8.04. The summed E-state index contributed by atoms with van der Waals surface area (Å²) in [6.07, 6.45) is 1.60. The topological polar surface area (TPSA) is 77.8 Å². The van der Waals surface area contributed by atoms with Gasteiger partial charge in [-0.15, -0.1) is 0 Å². The van der Waals surface area contributed by atoms with Crippen LogP contribution in [0.2, 0.25) is 0 Å². The molecule has 5 aromatic carbocycles. The lowest BCUT2D eigenvalue weighted by Crippen LogP contribution is -1.94. The van der Waals surface area contributed by atoms with Crippen LogP contribution in [0.1, 0.15) is 0 Å². The van der Waals surface area contributed by atoms with E-state index in [0.29, 0.717) is 17.0 Å². The Kier molecular flexibility index (Phi) is 5.40. The largest absolute Gasteiger partial charge is 0.452 e. The second kappa shape index (κ2) is 9.71. The lowest BCUT2D eigenvalue weighted by atomic mass is 9.99. The first-order chi connectivity index (χ1) is 21.8. The fraction of sp³-hybridized carbons (Fsp3) is 0. The van der Waals surface area contributed by atoms with Crippen molar-refractivity contribution in [1.82, 2.24) is 19.9 Å². The van der Waals surface area contributed by atoms with Gasteiger partial charge < -0.3 is 8.83 Å². The van der Waals surface area contributed by atoms with Crippen molar-refractivity contribution in [2.45, 2.75) is 0 Å². The number of nitrogens with zero attached hydrogens (tertiary/aromatic N) is 4. The maximum absolute atomic E-state index is 6.32. The molecule has 4 aromatic heterocycles. The molecular formula is C38H22N4O2. The number of benzene rings is 5. The van der Waals surface area contributed by atoms with Crippen molar-refractivity contribution in [3.05, 3.63) is 134 Å². The number of furan rings is 2. The van der Waals surface area contributed by atoms with Gasteiger partial charge in [0.05, 0.1) is 0 Å². The number of hydrogen-bond acceptors (Lipinski definition) is 6. The molecule has 0 radical (unpaired) electrons. The molecule has 0 atom stereocenters. The summed E-state index contributed by atoms with van der Waals surface area (Å²) in [5.74, 6) is 0.665. The van der Waals surface area contributed by atoms with Gasteiger partial charge in [0.2, 0.25) is 0 Å². The number of para-hydroxylation sites is 2. The molecule has 4 heterocycles. The summed E-state index contributed by atoms with van der Waals surface area (Å²) >= 11 is 0. The molecule has 44 heavy (non-hydrogen) atoms. The summed E-state index contributed by atoms with van der Waals surface area (Å²) in [7, 11) is 0. The van der Waals surface area contributed by atoms with E-state index in [1.807, 2.05) is 84.9 Å². The van der Waals surface area contributed by atoms with E-state index in [-0.39, 0.29) is 0 Å². The molecule has 0 N–H and O–H groups in total. The predicted molar refractivity (Wildman–Crippen MR) is 174 cm³/mol. The summed E-state index contributed by atoms with van der Waals surface area (Å²) in [5.41, 5.74) is 11.1. The molecule has 0 spiro atoms. The lowest BCUT2D eigenvalue weighted by molar-refractivity contribution is 0.667. The maximum Gasteiger partial charge on any atom is 0.180 e. The first-order valence-corrected chi connectivity index (χ1v) is 14.4. The maximum atomic E-state index is 6.32. The number of fused-ring (bicyclic) bond motifs is 6. The fourth-order valence-electron chi connectivity index (χ4n) is 5.90. The van der Waals surface area contributed by atoms with Crippen LogP contribution in [0.25, 0.3) is 89.2 Å². The van der Waals surface area contributed by atoms with Crippen molar-refractivity contribution < 1.29 is 8.83 Å². The number of hydrogen-bond donors (Lipinski definition) is 0. The quantitative estimate of drug-likeness (QED) is 0.211. The van der Waals surface area contributed by atoms with Crippen LogP contribution in [0.15, 0.2) is 143 Å². The summed E-state index contributed by atoms with van der Waals surface area (Å²) in [6.45, 7) is 0. The van der Waals surface area contributed by atoms with Gasteiger partial charge in [0, 0.05) is 27.5 Å². The van der Waals surface area contributed by atoms with Crippen LogP contribution in [0.4, 0.5) is 0 Å². The van der Waals surface area contributed by atoms with Gasteiger partial charge in [-0.3, -0.25) is 0 Å². The van der Waals surface area contributed by atoms with Crippen molar-refractivity contribution in [1.29, 1.82) is 0 Å². The van der Waals surface area contributed by atoms with Crippen molar-refractivity contribution in [2.75, 3.05) is 0 Å². The second-order valence-corrected chi connectivity index (χ2v) is 10.7. The second-order valence-electron chi connectivity index (χ2n) is 10.7. The molecule has 0 saturated carbocycles. The van der Waals surface area contributed by atoms with Gasteiger partial charge in [-0.25, -0.2) is 19.9 Å². The van der Waals surface area contributed by atoms with E-state index >= 15 is 0 Å². The van der Waals surface area contributed by atoms with E-state index < -0.39 is 0 Å². The van der Waals surface area contributed by atoms with E-state index in [1.54, 1.807) is 6.33 Å². The Balaban J connectivity index is 1.14. The Morgan fingerprint density at radius 3 is 1.80 bits per heavy atom. The molecule has 0 unspecified atom stereocenters. The third kappa shape index (κ3) is 3.89. The minimum Gasteiger partial charge on any atom is -0.452 e. The monoisotopic (exact) mass is 566 g/mol. The van der Waals surface area contributed by atoms with E-state index in [1.165, 1.54) is 0 Å². The van der Waals surface area contributed by atoms with Crippen LogP contribution in [0, 0.1) is 0 Å². The van der Waals surface area contributed by atoms with E-state index in [4.69, 9.17) is 18.8 Å². The van der Waals surface area contributed by atoms with E-state index in [9.17, 15) is 0 Å². The highest BCUT2D eigenvalue weighted by Crippen LogP contribution is 2.37. The highest BCUT2D eigenvalue weighted by molar-refractivity contribution is 6.08. The zero-order chi connectivity index (χ0) is 29.0. The minimum atomic E-state index is 0.665. The Morgan fingerprint density at radius 2 is 1.02 bits per heavy atom. The highest BCUT2D eigenvalue weighted by Gasteiger charge is 2.19. The molecule has 0 amide bonds. The van der Waals surface area contributed by atoms with Crippen LogP contribution >= 0.6 is 0 Å². The average molecular weight is 567 g/mol. The molecule has 9 rings (SSSR count). The average Bonchev–Trinajstić information content (AvgIpc) is 3.67. The molecule has 0 saturated heterocycles. The SMILES string of the molecule is c1ccc(-c2nc(-c3ccc(-c4cccc(-c5ncnc6c5oc5ccccc56)c4)cc3)c3oc4ccccc4c3n2)cc1. The summed E-state index contributed by atoms with van der Waals surface area (Å²) in [5, 5.41) is 1.96. The number of rotatable bonds is 4. The molecule has 0 aliphatic rings. The van der Waals surface area contributed by atoms with Crippen LogP contribution in [0.3, 0.4) is 0 Å². The Morgan fingerprint density at radius 1 is 0.409 bits per heavy atom. The molecule has 0 aliphatic heterocycles. The first kappa shape index (κ1) is 24.5. The van der Waals surface area contributed by atoms with Crippen molar-refractivity contribution in [3.63, 3.8) is 0 Å². The Bertz CT molecular complexity index is 2500. The zero-order valence-corrected chi connectivity index (χ0v) is 23.3. The standard InChI is InChI=1S/C38H22N4O2/c1-2-9-25(10-3-1)38-41-33(37-35(42-38)29-14-5-7-16-31(29)44-37)24-19-17-23(18-20-24)26-11-8-12-27(21-26)32-36-34(40-22-39-32)28-13-4-6-15-30(28)43-36/h1-22H. The fourth-order valence-corrected chi connectivity index (χ4v) is 5.90. The molecular weight excluding hydrogens is 544 g/mol. The molecule has 0 bridgehead atoms. The van der Waals surface area contributed by atoms with Crippen molar-refractivity contribution >= 4 is 44.1 Å².